The molecule has 0 saturated heterocycles. The van der Waals surface area contributed by atoms with Crippen LogP contribution in [-0.4, -0.2) is 29.0 Å². The highest BCUT2D eigenvalue weighted by molar-refractivity contribution is 5.93. The van der Waals surface area contributed by atoms with Crippen molar-refractivity contribution in [2.45, 2.75) is 104 Å². The number of aromatic nitrogens is 1. The van der Waals surface area contributed by atoms with Gasteiger partial charge in [-0.15, -0.1) is 0 Å². The van der Waals surface area contributed by atoms with Gasteiger partial charge in [-0.2, -0.15) is 0 Å². The zero-order chi connectivity index (χ0) is 40.8. The van der Waals surface area contributed by atoms with Gasteiger partial charge >= 0.3 is 0 Å². The first-order valence-electron chi connectivity index (χ1n) is 20.9. The Hall–Kier alpha value is -5.30. The molecule has 3 atom stereocenters. The van der Waals surface area contributed by atoms with Gasteiger partial charge in [0.15, 0.2) is 0 Å². The third-order valence-electron chi connectivity index (χ3n) is 12.1. The van der Waals surface area contributed by atoms with Crippen LogP contribution in [0.1, 0.15) is 106 Å². The maximum absolute atomic E-state index is 15.4. The van der Waals surface area contributed by atoms with E-state index in [1.807, 2.05) is 38.2 Å². The molecule has 0 radical (unpaired) electrons. The molecule has 7 heteroatoms. The molecule has 2 aliphatic heterocycles. The van der Waals surface area contributed by atoms with E-state index in [1.54, 1.807) is 6.07 Å². The molecule has 3 heterocycles. The highest BCUT2D eigenvalue weighted by Gasteiger charge is 2.40. The number of hydrogen-bond acceptors (Lipinski definition) is 6. The van der Waals surface area contributed by atoms with Crippen LogP contribution < -0.4 is 21.3 Å². The van der Waals surface area contributed by atoms with E-state index in [9.17, 15) is 0 Å². The van der Waals surface area contributed by atoms with Crippen LogP contribution in [0.2, 0.25) is 0 Å². The Morgan fingerprint density at radius 3 is 2.54 bits per heavy atom. The fourth-order valence-corrected chi connectivity index (χ4v) is 8.86. The topological polar surface area (TPSA) is 64.2 Å². The Bertz CT molecular complexity index is 2140. The number of allylic oxidation sites excluding steroid dienone is 11. The van der Waals surface area contributed by atoms with Gasteiger partial charge in [-0.25, -0.2) is 9.37 Å². The van der Waals surface area contributed by atoms with Crippen molar-refractivity contribution in [1.82, 2.24) is 31.2 Å². The van der Waals surface area contributed by atoms with Crippen LogP contribution >= 0.6 is 0 Å². The Labute approximate surface area is 341 Å². The van der Waals surface area contributed by atoms with E-state index in [2.05, 4.69) is 97.7 Å². The number of nitrogens with one attached hydrogen (secondary N) is 4. The van der Waals surface area contributed by atoms with Crippen LogP contribution in [-0.2, 0) is 13.0 Å². The van der Waals surface area contributed by atoms with Crippen LogP contribution in [0, 0.1) is 18.7 Å². The van der Waals surface area contributed by atoms with Crippen LogP contribution in [0.5, 0.6) is 0 Å². The molecule has 4 N–H and O–H groups in total. The number of benzene rings is 1. The lowest BCUT2D eigenvalue weighted by molar-refractivity contribution is 0.479. The SMILES string of the molecule is C=C(CNC(=C)C(C/C=C/C=C\C=C/C)NC(=C)CC)NCCCC(=C)NC1CCc2c(C)c(F)cc3nc4c(c1c23)CN1C(=C)C2=C(C=C41)C(CC)C(=C)CC2. The maximum Gasteiger partial charge on any atom is 0.128 e. The minimum absolute atomic E-state index is 0.0243. The van der Waals surface area contributed by atoms with Crippen molar-refractivity contribution < 1.29 is 4.39 Å². The zero-order valence-electron chi connectivity index (χ0n) is 34.9. The molecule has 2 aliphatic carbocycles. The summed E-state index contributed by atoms with van der Waals surface area (Å²) in [5.41, 5.74) is 15.9. The van der Waals surface area contributed by atoms with E-state index in [0.29, 0.717) is 12.5 Å². The summed E-state index contributed by atoms with van der Waals surface area (Å²) in [7, 11) is 0. The molecule has 57 heavy (non-hydrogen) atoms. The summed E-state index contributed by atoms with van der Waals surface area (Å²) in [5, 5.41) is 15.4. The summed E-state index contributed by atoms with van der Waals surface area (Å²) in [5.74, 6) is 0.140. The monoisotopic (exact) mass is 767 g/mol. The number of halogens is 1. The normalized spacial score (nSPS) is 19.2. The number of nitrogens with zero attached hydrogens (tertiary/aromatic N) is 2. The summed E-state index contributed by atoms with van der Waals surface area (Å²) in [6, 6.07) is 1.72. The first-order chi connectivity index (χ1) is 27.5. The van der Waals surface area contributed by atoms with Crippen molar-refractivity contribution in [3.63, 3.8) is 0 Å². The molecule has 4 aliphatic rings. The van der Waals surface area contributed by atoms with Gasteiger partial charge in [-0.05, 0) is 106 Å². The summed E-state index contributed by atoms with van der Waals surface area (Å²) in [6.07, 6.45) is 22.6. The van der Waals surface area contributed by atoms with Crippen LogP contribution in [0.3, 0.4) is 0 Å². The van der Waals surface area contributed by atoms with Crippen molar-refractivity contribution >= 4 is 16.6 Å². The third-order valence-corrected chi connectivity index (χ3v) is 12.1. The average Bonchev–Trinajstić information content (AvgIpc) is 3.57. The van der Waals surface area contributed by atoms with Crippen LogP contribution in [0.15, 0.2) is 133 Å². The van der Waals surface area contributed by atoms with E-state index in [-0.39, 0.29) is 17.9 Å². The van der Waals surface area contributed by atoms with Crippen molar-refractivity contribution in [2.24, 2.45) is 5.92 Å². The molecule has 6 nitrogen and oxygen atoms in total. The summed E-state index contributed by atoms with van der Waals surface area (Å²) in [6.45, 7) is 36.6. The minimum Gasteiger partial charge on any atom is -0.387 e. The van der Waals surface area contributed by atoms with Gasteiger partial charge in [0.2, 0.25) is 0 Å². The van der Waals surface area contributed by atoms with Crippen molar-refractivity contribution in [3.8, 4) is 0 Å². The number of hydrogen-bond donors (Lipinski definition) is 4. The predicted molar refractivity (Wildman–Crippen MR) is 239 cm³/mol. The molecule has 0 saturated carbocycles. The van der Waals surface area contributed by atoms with E-state index < -0.39 is 0 Å². The number of rotatable bonds is 19. The fraction of sp³-hybridized carbons (Fsp3) is 0.380. The van der Waals surface area contributed by atoms with E-state index in [0.717, 1.165) is 133 Å². The molecule has 3 unspecified atom stereocenters. The summed E-state index contributed by atoms with van der Waals surface area (Å²) in [4.78, 5) is 7.57. The lowest BCUT2D eigenvalue weighted by Gasteiger charge is -2.37. The second-order valence-corrected chi connectivity index (χ2v) is 15.9. The Kier molecular flexibility index (Phi) is 13.3. The van der Waals surface area contributed by atoms with Crippen LogP contribution in [0.25, 0.3) is 16.6 Å². The molecule has 2 aromatic rings. The number of aryl methyl sites for hydroxylation is 1. The smallest absolute Gasteiger partial charge is 0.128 e. The average molecular weight is 767 g/mol. The van der Waals surface area contributed by atoms with Crippen molar-refractivity contribution in [2.75, 3.05) is 13.1 Å². The van der Waals surface area contributed by atoms with E-state index >= 15 is 4.39 Å². The third kappa shape index (κ3) is 8.83. The second kappa shape index (κ2) is 18.3. The van der Waals surface area contributed by atoms with Crippen molar-refractivity contribution in [3.05, 3.63) is 167 Å². The molecule has 0 bridgehead atoms. The van der Waals surface area contributed by atoms with Crippen LogP contribution in [0.4, 0.5) is 4.39 Å². The largest absolute Gasteiger partial charge is 0.387 e. The van der Waals surface area contributed by atoms with Gasteiger partial charge in [0, 0.05) is 58.0 Å². The lowest BCUT2D eigenvalue weighted by Crippen LogP contribution is -2.36. The summed E-state index contributed by atoms with van der Waals surface area (Å²) >= 11 is 0. The summed E-state index contributed by atoms with van der Waals surface area (Å²) < 4.78 is 15.4. The molecular weight excluding hydrogens is 704 g/mol. The Balaban J connectivity index is 1.10. The maximum atomic E-state index is 15.4. The highest BCUT2D eigenvalue weighted by atomic mass is 19.1. The van der Waals surface area contributed by atoms with Gasteiger partial charge in [-0.3, -0.25) is 0 Å². The van der Waals surface area contributed by atoms with E-state index in [1.165, 1.54) is 27.8 Å². The molecule has 1 aromatic heterocycles. The number of pyridine rings is 1. The van der Waals surface area contributed by atoms with Gasteiger partial charge < -0.3 is 26.2 Å². The molecular formula is C50H63FN6. The Morgan fingerprint density at radius 2 is 1.79 bits per heavy atom. The molecule has 6 rings (SSSR count). The van der Waals surface area contributed by atoms with E-state index in [4.69, 9.17) is 4.98 Å². The fourth-order valence-electron chi connectivity index (χ4n) is 8.86. The quantitative estimate of drug-likeness (QED) is 0.0649. The molecule has 0 fully saturated rings. The Morgan fingerprint density at radius 1 is 1.00 bits per heavy atom. The van der Waals surface area contributed by atoms with Gasteiger partial charge in [0.1, 0.15) is 5.82 Å². The zero-order valence-corrected chi connectivity index (χ0v) is 34.9. The standard InChI is InChI=1S/C50H63FN6/c1-11-14-15-16-17-18-21-44(54-32(5)12-2)36(9)53-29-34(7)52-26-19-20-33(6)55-45-25-24-39-35(8)43(51)28-46-48(39)49(45)42-30-57-37(10)40-23-22-31(4)38(13-3)41(40)27-47(57)50(42)56-46/h11,14-18,27-28,38,44-45,52-55H,4-7,9-10,12-13,19-26,29-30H2,1-3,8H3/b14-11-,16-15-,18-17+. The molecule has 1 aromatic carbocycles. The van der Waals surface area contributed by atoms with Gasteiger partial charge in [0.05, 0.1) is 42.1 Å². The van der Waals surface area contributed by atoms with Gasteiger partial charge in [0.25, 0.3) is 0 Å². The van der Waals surface area contributed by atoms with Gasteiger partial charge in [-0.1, -0.05) is 95.4 Å². The minimum atomic E-state index is -0.184. The molecule has 300 valence electrons. The first-order valence-corrected chi connectivity index (χ1v) is 20.9. The molecule has 0 spiro atoms. The lowest BCUT2D eigenvalue weighted by atomic mass is 9.75. The first kappa shape index (κ1) is 41.3. The van der Waals surface area contributed by atoms with Crippen molar-refractivity contribution in [1.29, 1.82) is 0 Å². The highest BCUT2D eigenvalue weighted by Crippen LogP contribution is 2.51. The second-order valence-electron chi connectivity index (χ2n) is 15.9. The number of fused-ring (bicyclic) bond motifs is 4. The predicted octanol–water partition coefficient (Wildman–Crippen LogP) is 11.1. The molecule has 0 amide bonds.